The van der Waals surface area contributed by atoms with Crippen LogP contribution >= 0.6 is 0 Å². The van der Waals surface area contributed by atoms with E-state index in [9.17, 15) is 4.79 Å². The van der Waals surface area contributed by atoms with Crippen molar-refractivity contribution < 1.29 is 9.53 Å². The van der Waals surface area contributed by atoms with Crippen LogP contribution in [-0.4, -0.2) is 12.9 Å². The zero-order chi connectivity index (χ0) is 10.3. The molecule has 2 nitrogen and oxygen atoms in total. The lowest BCUT2D eigenvalue weighted by molar-refractivity contribution is 0.112. The molecule has 1 aromatic rings. The van der Waals surface area contributed by atoms with Crippen molar-refractivity contribution in [1.29, 1.82) is 0 Å². The lowest BCUT2D eigenvalue weighted by atomic mass is 9.93. The van der Waals surface area contributed by atoms with Gasteiger partial charge in [0.1, 0.15) is 5.75 Å². The van der Waals surface area contributed by atoms with Gasteiger partial charge >= 0.3 is 0 Å². The number of benzene rings is 1. The molecule has 74 valence electrons. The molecule has 1 aliphatic heterocycles. The monoisotopic (exact) mass is 190 g/mol. The van der Waals surface area contributed by atoms with E-state index in [1.807, 2.05) is 13.8 Å². The lowest BCUT2D eigenvalue weighted by Crippen LogP contribution is -1.99. The summed E-state index contributed by atoms with van der Waals surface area (Å²) in [6.45, 7) is 6.78. The molecule has 2 heteroatoms. The molecule has 0 aromatic heterocycles. The Morgan fingerprint density at radius 2 is 1.86 bits per heavy atom. The number of hydrogen-bond acceptors (Lipinski definition) is 2. The fourth-order valence-corrected chi connectivity index (χ4v) is 2.16. The number of fused-ring (bicyclic) bond motifs is 1. The van der Waals surface area contributed by atoms with Gasteiger partial charge in [0.2, 0.25) is 0 Å². The van der Waals surface area contributed by atoms with Crippen LogP contribution in [0.1, 0.15) is 32.6 Å². The number of aldehydes is 1. The average molecular weight is 190 g/mol. The van der Waals surface area contributed by atoms with Crippen LogP contribution in [0.15, 0.2) is 0 Å². The van der Waals surface area contributed by atoms with E-state index in [0.29, 0.717) is 0 Å². The highest BCUT2D eigenvalue weighted by Gasteiger charge is 2.21. The van der Waals surface area contributed by atoms with Crippen molar-refractivity contribution in [2.75, 3.05) is 6.61 Å². The molecular weight excluding hydrogens is 176 g/mol. The fraction of sp³-hybridized carbons (Fsp3) is 0.417. The number of carbonyl (C=O) groups excluding carboxylic acids is 1. The third-order valence-electron chi connectivity index (χ3n) is 3.15. The molecule has 14 heavy (non-hydrogen) atoms. The van der Waals surface area contributed by atoms with Gasteiger partial charge in [-0.2, -0.15) is 0 Å². The van der Waals surface area contributed by atoms with Crippen LogP contribution in [0.3, 0.4) is 0 Å². The summed E-state index contributed by atoms with van der Waals surface area (Å²) >= 11 is 0. The summed E-state index contributed by atoms with van der Waals surface area (Å²) in [4.78, 5) is 10.9. The van der Waals surface area contributed by atoms with E-state index < -0.39 is 0 Å². The predicted molar refractivity (Wildman–Crippen MR) is 55.2 cm³/mol. The first-order chi connectivity index (χ1) is 6.66. The van der Waals surface area contributed by atoms with Gasteiger partial charge in [0.25, 0.3) is 0 Å². The van der Waals surface area contributed by atoms with Crippen molar-refractivity contribution >= 4 is 6.29 Å². The first kappa shape index (κ1) is 9.25. The van der Waals surface area contributed by atoms with Crippen LogP contribution in [0, 0.1) is 20.8 Å². The third-order valence-corrected chi connectivity index (χ3v) is 3.15. The van der Waals surface area contributed by atoms with Crippen molar-refractivity contribution in [3.8, 4) is 5.75 Å². The van der Waals surface area contributed by atoms with Crippen molar-refractivity contribution in [1.82, 2.24) is 0 Å². The van der Waals surface area contributed by atoms with Gasteiger partial charge in [-0.15, -0.1) is 0 Å². The standard InChI is InChI=1S/C12H14O2/c1-7-8(2)11(6-13)9(3)12-10(7)4-5-14-12/h6H,4-5H2,1-3H3. The van der Waals surface area contributed by atoms with E-state index in [4.69, 9.17) is 4.74 Å². The van der Waals surface area contributed by atoms with Crippen molar-refractivity contribution in [2.45, 2.75) is 27.2 Å². The Morgan fingerprint density at radius 3 is 2.50 bits per heavy atom. The van der Waals surface area contributed by atoms with Crippen LogP contribution in [0.2, 0.25) is 0 Å². The SMILES string of the molecule is Cc1c(C)c2c(c(C)c1C=O)OCC2. The van der Waals surface area contributed by atoms with Gasteiger partial charge in [-0.25, -0.2) is 0 Å². The van der Waals surface area contributed by atoms with Gasteiger partial charge in [-0.1, -0.05) is 0 Å². The summed E-state index contributed by atoms with van der Waals surface area (Å²) in [7, 11) is 0. The summed E-state index contributed by atoms with van der Waals surface area (Å²) in [5.74, 6) is 0.940. The molecule has 0 saturated carbocycles. The predicted octanol–water partition coefficient (Wildman–Crippen LogP) is 2.36. The number of ether oxygens (including phenoxy) is 1. The molecule has 1 aromatic carbocycles. The van der Waals surface area contributed by atoms with E-state index in [2.05, 4.69) is 6.92 Å². The maximum Gasteiger partial charge on any atom is 0.150 e. The highest BCUT2D eigenvalue weighted by Crippen LogP contribution is 2.36. The third kappa shape index (κ3) is 1.07. The van der Waals surface area contributed by atoms with Crippen molar-refractivity contribution in [3.63, 3.8) is 0 Å². The Morgan fingerprint density at radius 1 is 1.14 bits per heavy atom. The van der Waals surface area contributed by atoms with Crippen LogP contribution in [0.25, 0.3) is 0 Å². The molecule has 0 bridgehead atoms. The number of rotatable bonds is 1. The summed E-state index contributed by atoms with van der Waals surface area (Å²) in [5.41, 5.74) is 5.39. The second-order valence-electron chi connectivity index (χ2n) is 3.81. The van der Waals surface area contributed by atoms with Crippen molar-refractivity contribution in [2.24, 2.45) is 0 Å². The van der Waals surface area contributed by atoms with E-state index in [0.717, 1.165) is 41.8 Å². The molecule has 0 radical (unpaired) electrons. The minimum atomic E-state index is 0.749. The van der Waals surface area contributed by atoms with Crippen molar-refractivity contribution in [3.05, 3.63) is 27.8 Å². The smallest absolute Gasteiger partial charge is 0.150 e. The minimum Gasteiger partial charge on any atom is -0.493 e. The molecule has 0 atom stereocenters. The summed E-state index contributed by atoms with van der Waals surface area (Å²) in [5, 5.41) is 0. The van der Waals surface area contributed by atoms with Gasteiger partial charge in [0, 0.05) is 23.1 Å². The topological polar surface area (TPSA) is 26.3 Å². The second kappa shape index (κ2) is 3.12. The fourth-order valence-electron chi connectivity index (χ4n) is 2.16. The Balaban J connectivity index is 2.79. The van der Waals surface area contributed by atoms with Gasteiger partial charge in [0.05, 0.1) is 6.61 Å². The quantitative estimate of drug-likeness (QED) is 0.635. The maximum atomic E-state index is 10.9. The largest absolute Gasteiger partial charge is 0.493 e. The molecule has 0 amide bonds. The van der Waals surface area contributed by atoms with Gasteiger partial charge in [-0.05, 0) is 31.9 Å². The van der Waals surface area contributed by atoms with Crippen LogP contribution in [0.4, 0.5) is 0 Å². The average Bonchev–Trinajstić information content (AvgIpc) is 2.64. The molecule has 0 saturated heterocycles. The van der Waals surface area contributed by atoms with E-state index in [1.54, 1.807) is 0 Å². The molecule has 0 aliphatic carbocycles. The van der Waals surface area contributed by atoms with E-state index >= 15 is 0 Å². The van der Waals surface area contributed by atoms with E-state index in [-0.39, 0.29) is 0 Å². The molecule has 0 unspecified atom stereocenters. The Kier molecular flexibility index (Phi) is 2.06. The molecule has 0 spiro atoms. The normalized spacial score (nSPS) is 13.6. The molecule has 1 aliphatic rings. The second-order valence-corrected chi connectivity index (χ2v) is 3.81. The molecule has 2 rings (SSSR count). The zero-order valence-corrected chi connectivity index (χ0v) is 8.81. The van der Waals surface area contributed by atoms with Gasteiger partial charge in [-0.3, -0.25) is 4.79 Å². The first-order valence-corrected chi connectivity index (χ1v) is 4.87. The minimum absolute atomic E-state index is 0.749. The number of carbonyl (C=O) groups is 1. The van der Waals surface area contributed by atoms with E-state index in [1.165, 1.54) is 11.1 Å². The maximum absolute atomic E-state index is 10.9. The molecular formula is C12H14O2. The summed E-state index contributed by atoms with van der Waals surface area (Å²) < 4.78 is 5.55. The highest BCUT2D eigenvalue weighted by atomic mass is 16.5. The summed E-state index contributed by atoms with van der Waals surface area (Å²) in [6, 6.07) is 0. The van der Waals surface area contributed by atoms with Crippen LogP contribution in [-0.2, 0) is 6.42 Å². The molecule has 0 fully saturated rings. The Labute approximate surface area is 83.9 Å². The van der Waals surface area contributed by atoms with Gasteiger partial charge < -0.3 is 4.74 Å². The molecule has 0 N–H and O–H groups in total. The lowest BCUT2D eigenvalue weighted by Gasteiger charge is -2.13. The summed E-state index contributed by atoms with van der Waals surface area (Å²) in [6.07, 6.45) is 1.90. The first-order valence-electron chi connectivity index (χ1n) is 4.87. The number of hydrogen-bond donors (Lipinski definition) is 0. The van der Waals surface area contributed by atoms with Crippen LogP contribution in [0.5, 0.6) is 5.75 Å². The Bertz CT molecular complexity index is 406. The zero-order valence-electron chi connectivity index (χ0n) is 8.81. The Hall–Kier alpha value is -1.31. The highest BCUT2D eigenvalue weighted by molar-refractivity contribution is 5.82. The van der Waals surface area contributed by atoms with Gasteiger partial charge in [0.15, 0.2) is 6.29 Å². The molecule has 1 heterocycles. The van der Waals surface area contributed by atoms with Crippen LogP contribution < -0.4 is 4.74 Å².